The average molecular weight is 353 g/mol. The molecule has 0 saturated carbocycles. The number of hydrogen-bond donors (Lipinski definition) is 1. The minimum atomic E-state index is -0.342. The summed E-state index contributed by atoms with van der Waals surface area (Å²) >= 11 is 8.87. The zero-order valence-corrected chi connectivity index (χ0v) is 14.4. The molecule has 1 aromatic carbocycles. The maximum Gasteiger partial charge on any atom is 0.337 e. The average Bonchev–Trinajstić information content (AvgIpc) is 2.96. The van der Waals surface area contributed by atoms with Crippen molar-refractivity contribution in [3.05, 3.63) is 23.8 Å². The molecule has 0 radical (unpaired) electrons. The van der Waals surface area contributed by atoms with Gasteiger partial charge in [-0.05, 0) is 30.4 Å². The van der Waals surface area contributed by atoms with E-state index in [2.05, 4.69) is 15.2 Å². The number of hydrogen-bond acceptors (Lipinski definition) is 6. The van der Waals surface area contributed by atoms with Crippen LogP contribution in [-0.2, 0) is 4.74 Å². The second-order valence-corrected chi connectivity index (χ2v) is 7.36. The molecule has 2 aromatic rings. The van der Waals surface area contributed by atoms with E-state index in [-0.39, 0.29) is 5.97 Å². The minimum Gasteiger partial charge on any atom is -0.465 e. The Balaban J connectivity index is 1.76. The van der Waals surface area contributed by atoms with Crippen LogP contribution in [0.3, 0.4) is 0 Å². The van der Waals surface area contributed by atoms with E-state index in [9.17, 15) is 4.79 Å². The molecule has 0 bridgehead atoms. The first kappa shape index (κ1) is 15.5. The van der Waals surface area contributed by atoms with Gasteiger partial charge in [0.1, 0.15) is 0 Å². The fourth-order valence-electron chi connectivity index (χ4n) is 2.16. The fraction of sp³-hybridized carbons (Fsp3) is 0.357. The molecule has 1 aliphatic heterocycles. The van der Waals surface area contributed by atoms with Crippen LogP contribution in [0, 0.1) is 0 Å². The van der Waals surface area contributed by atoms with Gasteiger partial charge >= 0.3 is 5.97 Å². The highest BCUT2D eigenvalue weighted by molar-refractivity contribution is 7.99. The van der Waals surface area contributed by atoms with Crippen molar-refractivity contribution < 1.29 is 9.53 Å². The molecule has 0 amide bonds. The summed E-state index contributed by atoms with van der Waals surface area (Å²) in [4.78, 5) is 18.2. The smallest absolute Gasteiger partial charge is 0.337 e. The lowest BCUT2D eigenvalue weighted by Gasteiger charge is -2.28. The number of carbonyl (C=O) groups is 1. The number of anilines is 1. The first-order valence-corrected chi connectivity index (χ1v) is 9.18. The molecule has 1 N–H and O–H groups in total. The Hall–Kier alpha value is -1.38. The quantitative estimate of drug-likeness (QED) is 0.658. The number of benzene rings is 1. The number of ether oxygens (including phenoxy) is 1. The lowest BCUT2D eigenvalue weighted by molar-refractivity contribution is 0.0601. The van der Waals surface area contributed by atoms with E-state index in [0.29, 0.717) is 10.7 Å². The van der Waals surface area contributed by atoms with Gasteiger partial charge in [0.05, 0.1) is 22.9 Å². The van der Waals surface area contributed by atoms with Crippen molar-refractivity contribution in [1.82, 2.24) is 9.88 Å². The van der Waals surface area contributed by atoms with Crippen molar-refractivity contribution >= 4 is 61.7 Å². The first-order valence-electron chi connectivity index (χ1n) is 6.80. The number of thiazole rings is 1. The molecule has 2 heterocycles. The van der Waals surface area contributed by atoms with Crippen LogP contribution in [0.1, 0.15) is 10.4 Å². The molecule has 8 heteroatoms. The lowest BCUT2D eigenvalue weighted by Crippen LogP contribution is -2.40. The van der Waals surface area contributed by atoms with E-state index in [1.165, 1.54) is 18.4 Å². The summed E-state index contributed by atoms with van der Waals surface area (Å²) in [5.74, 6) is 1.86. The third-order valence-electron chi connectivity index (χ3n) is 3.32. The summed E-state index contributed by atoms with van der Waals surface area (Å²) in [5, 5.41) is 4.67. The molecular weight excluding hydrogens is 338 g/mol. The van der Waals surface area contributed by atoms with Crippen LogP contribution in [0.15, 0.2) is 18.2 Å². The molecule has 0 unspecified atom stereocenters. The van der Waals surface area contributed by atoms with Crippen molar-refractivity contribution in [3.63, 3.8) is 0 Å². The predicted octanol–water partition coefficient (Wildman–Crippen LogP) is 2.83. The molecule has 22 heavy (non-hydrogen) atoms. The van der Waals surface area contributed by atoms with Gasteiger partial charge in [0.25, 0.3) is 0 Å². The van der Waals surface area contributed by atoms with Crippen LogP contribution < -0.4 is 5.32 Å². The molecule has 0 atom stereocenters. The third-order valence-corrected chi connectivity index (χ3v) is 5.56. The zero-order valence-electron chi connectivity index (χ0n) is 12.0. The number of nitrogens with zero attached hydrogens (tertiary/aromatic N) is 2. The fourth-order valence-corrected chi connectivity index (χ4v) is 4.31. The Kier molecular flexibility index (Phi) is 4.80. The summed E-state index contributed by atoms with van der Waals surface area (Å²) < 4.78 is 5.67. The summed E-state index contributed by atoms with van der Waals surface area (Å²) in [6.07, 6.45) is 0. The van der Waals surface area contributed by atoms with E-state index in [0.717, 1.165) is 39.9 Å². The third kappa shape index (κ3) is 3.34. The highest BCUT2D eigenvalue weighted by atomic mass is 32.2. The summed E-state index contributed by atoms with van der Waals surface area (Å²) in [6.45, 7) is 1.93. The van der Waals surface area contributed by atoms with Gasteiger partial charge in [0.2, 0.25) is 0 Å². The molecule has 1 fully saturated rings. The summed E-state index contributed by atoms with van der Waals surface area (Å²) in [6, 6.07) is 5.34. The Labute approximate surface area is 142 Å². The van der Waals surface area contributed by atoms with Crippen LogP contribution in [0.4, 0.5) is 5.13 Å². The van der Waals surface area contributed by atoms with Crippen molar-refractivity contribution in [1.29, 1.82) is 0 Å². The number of carbonyl (C=O) groups excluding carboxylic acids is 1. The predicted molar refractivity (Wildman–Crippen MR) is 96.1 cm³/mol. The number of methoxy groups -OCH3 is 1. The van der Waals surface area contributed by atoms with Crippen LogP contribution in [0.5, 0.6) is 0 Å². The van der Waals surface area contributed by atoms with E-state index in [1.54, 1.807) is 12.1 Å². The minimum absolute atomic E-state index is 0.342. The lowest BCUT2D eigenvalue weighted by atomic mass is 10.2. The normalized spacial score (nSPS) is 14.9. The second kappa shape index (κ2) is 6.80. The van der Waals surface area contributed by atoms with Crippen LogP contribution in [0.25, 0.3) is 10.2 Å². The van der Waals surface area contributed by atoms with Crippen molar-refractivity contribution in [3.8, 4) is 0 Å². The molecule has 5 nitrogen and oxygen atoms in total. The number of rotatable bonds is 2. The standard InChI is InChI=1S/C14H15N3O2S3/c1-19-12(18)9-2-3-10-11(8-9)22-13(15-10)16-14(20)17-4-6-21-7-5-17/h2-3,8H,4-7H2,1H3,(H,15,16,20). The molecule has 1 saturated heterocycles. The number of fused-ring (bicyclic) bond motifs is 1. The van der Waals surface area contributed by atoms with Gasteiger partial charge in [-0.3, -0.25) is 0 Å². The Morgan fingerprint density at radius 3 is 2.91 bits per heavy atom. The zero-order chi connectivity index (χ0) is 15.5. The van der Waals surface area contributed by atoms with Crippen molar-refractivity contribution in [2.45, 2.75) is 0 Å². The largest absolute Gasteiger partial charge is 0.465 e. The van der Waals surface area contributed by atoms with Crippen molar-refractivity contribution in [2.75, 3.05) is 37.0 Å². The van der Waals surface area contributed by atoms with Gasteiger partial charge < -0.3 is 15.0 Å². The number of thioether (sulfide) groups is 1. The van der Waals surface area contributed by atoms with E-state index >= 15 is 0 Å². The van der Waals surface area contributed by atoms with Crippen LogP contribution in [0.2, 0.25) is 0 Å². The number of esters is 1. The maximum atomic E-state index is 11.6. The van der Waals surface area contributed by atoms with Crippen molar-refractivity contribution in [2.24, 2.45) is 0 Å². The number of thiocarbonyl (C=S) groups is 1. The van der Waals surface area contributed by atoms with Gasteiger partial charge in [-0.2, -0.15) is 11.8 Å². The summed E-state index contributed by atoms with van der Waals surface area (Å²) in [7, 11) is 1.38. The van der Waals surface area contributed by atoms with Crippen LogP contribution in [-0.4, -0.2) is 52.7 Å². The second-order valence-electron chi connectivity index (χ2n) is 4.72. The first-order chi connectivity index (χ1) is 10.7. The Bertz CT molecular complexity index is 710. The van der Waals surface area contributed by atoms with Gasteiger partial charge in [-0.15, -0.1) is 0 Å². The molecule has 3 rings (SSSR count). The van der Waals surface area contributed by atoms with Crippen LogP contribution >= 0.6 is 35.3 Å². The molecular formula is C14H15N3O2S3. The van der Waals surface area contributed by atoms with E-state index in [4.69, 9.17) is 17.0 Å². The van der Waals surface area contributed by atoms with E-state index < -0.39 is 0 Å². The summed E-state index contributed by atoms with van der Waals surface area (Å²) in [5.41, 5.74) is 1.37. The number of nitrogens with one attached hydrogen (secondary N) is 1. The molecule has 116 valence electrons. The molecule has 1 aromatic heterocycles. The maximum absolute atomic E-state index is 11.6. The SMILES string of the molecule is COC(=O)c1ccc2nc(NC(=S)N3CCSCC3)sc2c1. The highest BCUT2D eigenvalue weighted by Crippen LogP contribution is 2.27. The highest BCUT2D eigenvalue weighted by Gasteiger charge is 2.15. The van der Waals surface area contributed by atoms with E-state index in [1.807, 2.05) is 17.8 Å². The Morgan fingerprint density at radius 1 is 1.41 bits per heavy atom. The monoisotopic (exact) mass is 353 g/mol. The van der Waals surface area contributed by atoms with Gasteiger partial charge in [-0.1, -0.05) is 11.3 Å². The van der Waals surface area contributed by atoms with Gasteiger partial charge in [-0.25, -0.2) is 9.78 Å². The van der Waals surface area contributed by atoms with Gasteiger partial charge in [0, 0.05) is 24.6 Å². The molecule has 0 spiro atoms. The Morgan fingerprint density at radius 2 is 2.18 bits per heavy atom. The number of aromatic nitrogens is 1. The van der Waals surface area contributed by atoms with Gasteiger partial charge in [0.15, 0.2) is 10.2 Å². The molecule has 0 aliphatic carbocycles. The molecule has 1 aliphatic rings. The topological polar surface area (TPSA) is 54.5 Å².